The molecule has 0 atom stereocenters. The van der Waals surface area contributed by atoms with Gasteiger partial charge in [0, 0.05) is 45.2 Å². The Morgan fingerprint density at radius 1 is 1.26 bits per heavy atom. The summed E-state index contributed by atoms with van der Waals surface area (Å²) in [5.41, 5.74) is 1.05. The number of aryl methyl sites for hydroxylation is 1. The highest BCUT2D eigenvalue weighted by Crippen LogP contribution is 2.22. The first kappa shape index (κ1) is 18.0. The smallest absolute Gasteiger partial charge is 0.317 e. The van der Waals surface area contributed by atoms with Crippen LogP contribution >= 0.6 is 11.3 Å². The fourth-order valence-electron chi connectivity index (χ4n) is 3.79. The molecule has 2 aliphatic heterocycles. The number of carbonyl (C=O) groups excluding carboxylic acids is 2. The second-order valence-electron chi connectivity index (χ2n) is 7.05. The normalized spacial score (nSPS) is 18.1. The average molecular weight is 388 g/mol. The number of amides is 4. The number of benzene rings is 1. The third-order valence-electron chi connectivity index (χ3n) is 5.26. The number of piperidine rings is 1. The highest BCUT2D eigenvalue weighted by atomic mass is 32.1. The predicted octanol–water partition coefficient (Wildman–Crippen LogP) is 2.43. The van der Waals surface area contributed by atoms with Crippen LogP contribution in [0, 0.1) is 0 Å². The van der Waals surface area contributed by atoms with E-state index < -0.39 is 0 Å². The number of urea groups is 2. The van der Waals surface area contributed by atoms with Crippen LogP contribution in [-0.2, 0) is 6.42 Å². The Labute approximate surface area is 162 Å². The fourth-order valence-corrected chi connectivity index (χ4v) is 4.80. The lowest BCUT2D eigenvalue weighted by molar-refractivity contribution is 0.141. The summed E-state index contributed by atoms with van der Waals surface area (Å²) in [6, 6.07) is 8.46. The third-order valence-corrected chi connectivity index (χ3v) is 6.36. The topological polar surface area (TPSA) is 77.6 Å². The average Bonchev–Trinajstić information content (AvgIpc) is 3.30. The molecule has 0 aliphatic carbocycles. The maximum Gasteiger partial charge on any atom is 0.317 e. The molecule has 3 heterocycles. The van der Waals surface area contributed by atoms with E-state index in [1.54, 1.807) is 11.3 Å². The van der Waals surface area contributed by atoms with Gasteiger partial charge in [-0.15, -0.1) is 11.3 Å². The van der Waals surface area contributed by atoms with Crippen LogP contribution in [0.25, 0.3) is 10.2 Å². The van der Waals surface area contributed by atoms with Gasteiger partial charge < -0.3 is 20.4 Å². The van der Waals surface area contributed by atoms with Crippen molar-refractivity contribution in [1.82, 2.24) is 25.4 Å². The highest BCUT2D eigenvalue weighted by molar-refractivity contribution is 7.18. The Morgan fingerprint density at radius 3 is 2.81 bits per heavy atom. The molecule has 2 N–H and O–H groups in total. The van der Waals surface area contributed by atoms with Crippen LogP contribution < -0.4 is 10.6 Å². The molecule has 2 aliphatic rings. The predicted molar refractivity (Wildman–Crippen MR) is 106 cm³/mol. The summed E-state index contributed by atoms with van der Waals surface area (Å²) >= 11 is 1.73. The molecule has 144 valence electrons. The van der Waals surface area contributed by atoms with Gasteiger partial charge in [-0.2, -0.15) is 0 Å². The number of hydrogen-bond acceptors (Lipinski definition) is 4. The Morgan fingerprint density at radius 2 is 2.07 bits per heavy atom. The van der Waals surface area contributed by atoms with E-state index in [9.17, 15) is 9.59 Å². The first-order valence-electron chi connectivity index (χ1n) is 9.62. The maximum atomic E-state index is 12.4. The number of carbonyl (C=O) groups is 2. The van der Waals surface area contributed by atoms with Gasteiger partial charge in [-0.1, -0.05) is 12.1 Å². The van der Waals surface area contributed by atoms with E-state index in [2.05, 4.69) is 21.7 Å². The summed E-state index contributed by atoms with van der Waals surface area (Å²) in [6.07, 6.45) is 3.47. The van der Waals surface area contributed by atoms with E-state index in [0.29, 0.717) is 19.6 Å². The number of rotatable bonds is 5. The monoisotopic (exact) mass is 387 g/mol. The van der Waals surface area contributed by atoms with E-state index >= 15 is 0 Å². The number of aromatic nitrogens is 1. The lowest BCUT2D eigenvalue weighted by Gasteiger charge is -2.36. The Kier molecular flexibility index (Phi) is 5.42. The molecule has 1 aromatic heterocycles. The molecule has 27 heavy (non-hydrogen) atoms. The van der Waals surface area contributed by atoms with Crippen molar-refractivity contribution in [2.24, 2.45) is 0 Å². The zero-order chi connectivity index (χ0) is 18.6. The summed E-state index contributed by atoms with van der Waals surface area (Å²) in [5, 5.41) is 6.99. The van der Waals surface area contributed by atoms with Gasteiger partial charge in [-0.05, 0) is 31.4 Å². The molecule has 4 rings (SSSR count). The molecule has 0 bridgehead atoms. The van der Waals surface area contributed by atoms with Crippen LogP contribution in [-0.4, -0.2) is 65.6 Å². The van der Waals surface area contributed by atoms with Crippen LogP contribution in [0.15, 0.2) is 24.3 Å². The molecule has 2 aromatic rings. The molecular formula is C19H25N5O2S. The second-order valence-corrected chi connectivity index (χ2v) is 8.17. The van der Waals surface area contributed by atoms with Gasteiger partial charge in [0.15, 0.2) is 0 Å². The number of para-hydroxylation sites is 1. The minimum atomic E-state index is 0.00335. The van der Waals surface area contributed by atoms with Crippen molar-refractivity contribution in [3.8, 4) is 0 Å². The zero-order valence-electron chi connectivity index (χ0n) is 15.3. The van der Waals surface area contributed by atoms with Crippen molar-refractivity contribution in [3.05, 3.63) is 29.3 Å². The molecule has 0 radical (unpaired) electrons. The number of nitrogens with zero attached hydrogens (tertiary/aromatic N) is 3. The van der Waals surface area contributed by atoms with Crippen LogP contribution in [0.3, 0.4) is 0 Å². The van der Waals surface area contributed by atoms with Gasteiger partial charge in [-0.3, -0.25) is 0 Å². The van der Waals surface area contributed by atoms with Crippen LogP contribution in [0.1, 0.15) is 24.3 Å². The molecule has 7 nitrogen and oxygen atoms in total. The number of nitrogens with one attached hydrogen (secondary N) is 2. The fraction of sp³-hybridized carbons (Fsp3) is 0.526. The molecule has 0 saturated carbocycles. The third kappa shape index (κ3) is 4.16. The van der Waals surface area contributed by atoms with E-state index in [-0.39, 0.29) is 18.1 Å². The molecular weight excluding hydrogens is 362 g/mol. The van der Waals surface area contributed by atoms with Gasteiger partial charge in [0.05, 0.1) is 15.2 Å². The number of thiazole rings is 1. The van der Waals surface area contributed by atoms with E-state index in [1.807, 2.05) is 28.0 Å². The van der Waals surface area contributed by atoms with Gasteiger partial charge in [0.1, 0.15) is 0 Å². The molecule has 1 aromatic carbocycles. The molecule has 4 amide bonds. The van der Waals surface area contributed by atoms with Crippen molar-refractivity contribution >= 4 is 33.6 Å². The highest BCUT2D eigenvalue weighted by Gasteiger charge is 2.31. The van der Waals surface area contributed by atoms with Gasteiger partial charge in [-0.25, -0.2) is 14.6 Å². The van der Waals surface area contributed by atoms with Gasteiger partial charge in [0.25, 0.3) is 0 Å². The largest absolute Gasteiger partial charge is 0.338 e. The first-order chi connectivity index (χ1) is 13.2. The summed E-state index contributed by atoms with van der Waals surface area (Å²) in [4.78, 5) is 32.5. The molecule has 8 heteroatoms. The molecule has 2 fully saturated rings. The summed E-state index contributed by atoms with van der Waals surface area (Å²) < 4.78 is 1.21. The van der Waals surface area contributed by atoms with Crippen molar-refractivity contribution < 1.29 is 9.59 Å². The zero-order valence-corrected chi connectivity index (χ0v) is 16.1. The summed E-state index contributed by atoms with van der Waals surface area (Å²) in [7, 11) is 0. The molecule has 2 saturated heterocycles. The lowest BCUT2D eigenvalue weighted by atomic mass is 10.0. The van der Waals surface area contributed by atoms with E-state index in [1.165, 1.54) is 4.70 Å². The van der Waals surface area contributed by atoms with Crippen molar-refractivity contribution in [3.63, 3.8) is 0 Å². The number of fused-ring (bicyclic) bond motifs is 1. The second kappa shape index (κ2) is 8.12. The number of hydrogen-bond donors (Lipinski definition) is 2. The summed E-state index contributed by atoms with van der Waals surface area (Å²) in [6.45, 7) is 3.58. The lowest BCUT2D eigenvalue weighted by Crippen LogP contribution is -2.50. The molecule has 0 unspecified atom stereocenters. The Bertz CT molecular complexity index is 782. The van der Waals surface area contributed by atoms with E-state index in [4.69, 9.17) is 0 Å². The Balaban J connectivity index is 1.17. The minimum absolute atomic E-state index is 0.00335. The quantitative estimate of drug-likeness (QED) is 0.774. The maximum absolute atomic E-state index is 12.4. The number of likely N-dealkylation sites (tertiary alicyclic amines) is 1. The van der Waals surface area contributed by atoms with Crippen LogP contribution in [0.4, 0.5) is 9.59 Å². The van der Waals surface area contributed by atoms with Gasteiger partial charge in [0.2, 0.25) is 0 Å². The first-order valence-corrected chi connectivity index (χ1v) is 10.4. The minimum Gasteiger partial charge on any atom is -0.338 e. The van der Waals surface area contributed by atoms with Gasteiger partial charge >= 0.3 is 12.1 Å². The van der Waals surface area contributed by atoms with E-state index in [0.717, 1.165) is 49.3 Å². The Hall–Kier alpha value is -2.35. The van der Waals surface area contributed by atoms with Crippen LogP contribution in [0.5, 0.6) is 0 Å². The SMILES string of the molecule is O=C(NCCCc1nc2ccccc2s1)N1CCC(N2CCNC2=O)CC1. The van der Waals surface area contributed by atoms with Crippen LogP contribution in [0.2, 0.25) is 0 Å². The molecule has 0 spiro atoms. The summed E-state index contributed by atoms with van der Waals surface area (Å²) in [5.74, 6) is 0. The standard InChI is InChI=1S/C19H25N5O2S/c25-18(23-11-7-14(8-12-23)24-13-10-21-19(24)26)20-9-3-6-17-22-15-4-1-2-5-16(15)27-17/h1-2,4-5,14H,3,6-13H2,(H,20,25)(H,21,26). The van der Waals surface area contributed by atoms with Crippen molar-refractivity contribution in [2.45, 2.75) is 31.7 Å². The van der Waals surface area contributed by atoms with Crippen molar-refractivity contribution in [2.75, 3.05) is 32.7 Å². The van der Waals surface area contributed by atoms with Crippen molar-refractivity contribution in [1.29, 1.82) is 0 Å².